The molecule has 0 aliphatic heterocycles. The van der Waals surface area contributed by atoms with E-state index < -0.39 is 0 Å². The Morgan fingerprint density at radius 1 is 0.889 bits per heavy atom. The third-order valence-electron chi connectivity index (χ3n) is 3.63. The standard InChI is InChI=1S/C21H27N3O3/c1-5-27-18-12-10-17(11-13-18)24-20(26)15-6-8-16(9-7-15)23-19(25)14-22-21(2,3)4/h6-13,22H,5,14H2,1-4H3,(H,23,25)(H,24,26). The van der Waals surface area contributed by atoms with Crippen molar-refractivity contribution in [3.63, 3.8) is 0 Å². The lowest BCUT2D eigenvalue weighted by atomic mass is 10.1. The highest BCUT2D eigenvalue weighted by Crippen LogP contribution is 2.17. The second-order valence-corrected chi connectivity index (χ2v) is 7.14. The Morgan fingerprint density at radius 3 is 2.00 bits per heavy atom. The topological polar surface area (TPSA) is 79.5 Å². The first-order valence-electron chi connectivity index (χ1n) is 8.96. The maximum atomic E-state index is 12.3. The molecule has 144 valence electrons. The molecule has 2 aromatic rings. The van der Waals surface area contributed by atoms with E-state index in [2.05, 4.69) is 16.0 Å². The van der Waals surface area contributed by atoms with Gasteiger partial charge in [-0.3, -0.25) is 9.59 Å². The van der Waals surface area contributed by atoms with Crippen LogP contribution in [0.4, 0.5) is 11.4 Å². The van der Waals surface area contributed by atoms with Crippen LogP contribution in [0, 0.1) is 0 Å². The van der Waals surface area contributed by atoms with E-state index in [-0.39, 0.29) is 23.9 Å². The molecule has 0 atom stereocenters. The second-order valence-electron chi connectivity index (χ2n) is 7.14. The minimum atomic E-state index is -0.216. The first kappa shape index (κ1) is 20.5. The Balaban J connectivity index is 1.90. The first-order chi connectivity index (χ1) is 12.8. The fraction of sp³-hybridized carbons (Fsp3) is 0.333. The van der Waals surface area contributed by atoms with Crippen LogP contribution in [-0.4, -0.2) is 30.5 Å². The van der Waals surface area contributed by atoms with E-state index in [0.717, 1.165) is 5.75 Å². The summed E-state index contributed by atoms with van der Waals surface area (Å²) in [6.07, 6.45) is 0. The molecular weight excluding hydrogens is 342 g/mol. The number of rotatable bonds is 7. The van der Waals surface area contributed by atoms with E-state index in [1.54, 1.807) is 36.4 Å². The van der Waals surface area contributed by atoms with Crippen molar-refractivity contribution in [2.45, 2.75) is 33.2 Å². The Labute approximate surface area is 160 Å². The predicted molar refractivity (Wildman–Crippen MR) is 108 cm³/mol. The summed E-state index contributed by atoms with van der Waals surface area (Å²) < 4.78 is 5.38. The minimum Gasteiger partial charge on any atom is -0.494 e. The summed E-state index contributed by atoms with van der Waals surface area (Å²) >= 11 is 0. The average molecular weight is 369 g/mol. The number of hydrogen-bond acceptors (Lipinski definition) is 4. The first-order valence-corrected chi connectivity index (χ1v) is 8.96. The van der Waals surface area contributed by atoms with Crippen molar-refractivity contribution in [2.24, 2.45) is 0 Å². The maximum Gasteiger partial charge on any atom is 0.255 e. The number of nitrogens with one attached hydrogen (secondary N) is 3. The summed E-state index contributed by atoms with van der Waals surface area (Å²) in [5.74, 6) is 0.416. The Hall–Kier alpha value is -2.86. The van der Waals surface area contributed by atoms with Gasteiger partial charge in [-0.25, -0.2) is 0 Å². The van der Waals surface area contributed by atoms with E-state index in [4.69, 9.17) is 4.74 Å². The molecule has 0 aliphatic rings. The molecule has 0 saturated carbocycles. The zero-order valence-electron chi connectivity index (χ0n) is 16.3. The third-order valence-corrected chi connectivity index (χ3v) is 3.63. The van der Waals surface area contributed by atoms with Crippen molar-refractivity contribution in [1.29, 1.82) is 0 Å². The highest BCUT2D eigenvalue weighted by Gasteiger charge is 2.12. The van der Waals surface area contributed by atoms with Crippen LogP contribution in [0.1, 0.15) is 38.1 Å². The molecule has 0 saturated heterocycles. The number of carbonyl (C=O) groups is 2. The van der Waals surface area contributed by atoms with Crippen molar-refractivity contribution < 1.29 is 14.3 Å². The van der Waals surface area contributed by atoms with Gasteiger partial charge in [-0.2, -0.15) is 0 Å². The van der Waals surface area contributed by atoms with Crippen molar-refractivity contribution in [3.8, 4) is 5.75 Å². The van der Waals surface area contributed by atoms with Gasteiger partial charge < -0.3 is 20.7 Å². The fourth-order valence-electron chi connectivity index (χ4n) is 2.26. The lowest BCUT2D eigenvalue weighted by Gasteiger charge is -2.20. The second kappa shape index (κ2) is 9.19. The molecule has 3 N–H and O–H groups in total. The predicted octanol–water partition coefficient (Wildman–Crippen LogP) is 3.66. The van der Waals surface area contributed by atoms with Gasteiger partial charge in [0.25, 0.3) is 5.91 Å². The van der Waals surface area contributed by atoms with Crippen molar-refractivity contribution in [1.82, 2.24) is 5.32 Å². The smallest absolute Gasteiger partial charge is 0.255 e. The number of benzene rings is 2. The Kier molecular flexibility index (Phi) is 6.96. The molecule has 0 unspecified atom stereocenters. The number of carbonyl (C=O) groups excluding carboxylic acids is 2. The molecule has 2 rings (SSSR count). The van der Waals surface area contributed by atoms with Gasteiger partial charge in [0.2, 0.25) is 5.91 Å². The molecule has 6 nitrogen and oxygen atoms in total. The highest BCUT2D eigenvalue weighted by molar-refractivity contribution is 6.04. The number of ether oxygens (including phenoxy) is 1. The zero-order valence-corrected chi connectivity index (χ0v) is 16.3. The van der Waals surface area contributed by atoms with E-state index in [1.807, 2.05) is 39.8 Å². The SMILES string of the molecule is CCOc1ccc(NC(=O)c2ccc(NC(=O)CNC(C)(C)C)cc2)cc1. The molecular formula is C21H27N3O3. The van der Waals surface area contributed by atoms with Crippen molar-refractivity contribution in [2.75, 3.05) is 23.8 Å². The largest absolute Gasteiger partial charge is 0.494 e. The van der Waals surface area contributed by atoms with Gasteiger partial charge in [0.05, 0.1) is 13.2 Å². The van der Waals surface area contributed by atoms with Crippen LogP contribution in [0.2, 0.25) is 0 Å². The number of amides is 2. The Morgan fingerprint density at radius 2 is 1.44 bits per heavy atom. The summed E-state index contributed by atoms with van der Waals surface area (Å²) in [5, 5.41) is 8.76. The van der Waals surface area contributed by atoms with Gasteiger partial charge in [-0.1, -0.05) is 0 Å². The molecule has 2 aromatic carbocycles. The van der Waals surface area contributed by atoms with Gasteiger partial charge in [-0.05, 0) is 76.2 Å². The molecule has 0 aromatic heterocycles. The van der Waals surface area contributed by atoms with Crippen LogP contribution in [0.25, 0.3) is 0 Å². The van der Waals surface area contributed by atoms with Crippen LogP contribution in [0.15, 0.2) is 48.5 Å². The minimum absolute atomic E-state index is 0.125. The lowest BCUT2D eigenvalue weighted by Crippen LogP contribution is -2.41. The van der Waals surface area contributed by atoms with Gasteiger partial charge in [-0.15, -0.1) is 0 Å². The van der Waals surface area contributed by atoms with E-state index in [9.17, 15) is 9.59 Å². The Bertz CT molecular complexity index is 763. The summed E-state index contributed by atoms with van der Waals surface area (Å²) in [6.45, 7) is 8.74. The molecule has 0 heterocycles. The molecule has 6 heteroatoms. The third kappa shape index (κ3) is 7.11. The van der Waals surface area contributed by atoms with Gasteiger partial charge in [0.1, 0.15) is 5.75 Å². The van der Waals surface area contributed by atoms with Gasteiger partial charge in [0.15, 0.2) is 0 Å². The van der Waals surface area contributed by atoms with Gasteiger partial charge >= 0.3 is 0 Å². The molecule has 0 aliphatic carbocycles. The van der Waals surface area contributed by atoms with Gasteiger partial charge in [0, 0.05) is 22.5 Å². The zero-order chi connectivity index (χ0) is 19.9. The average Bonchev–Trinajstić information content (AvgIpc) is 2.62. The molecule has 2 amide bonds. The summed E-state index contributed by atoms with van der Waals surface area (Å²) in [7, 11) is 0. The monoisotopic (exact) mass is 369 g/mol. The molecule has 27 heavy (non-hydrogen) atoms. The number of anilines is 2. The molecule has 0 spiro atoms. The summed E-state index contributed by atoms with van der Waals surface area (Å²) in [4.78, 5) is 24.3. The normalized spacial score (nSPS) is 11.0. The van der Waals surface area contributed by atoms with Crippen LogP contribution < -0.4 is 20.7 Å². The van der Waals surface area contributed by atoms with E-state index in [0.29, 0.717) is 23.5 Å². The molecule has 0 fully saturated rings. The van der Waals surface area contributed by atoms with Crippen LogP contribution in [-0.2, 0) is 4.79 Å². The fourth-order valence-corrected chi connectivity index (χ4v) is 2.26. The number of hydrogen-bond donors (Lipinski definition) is 3. The maximum absolute atomic E-state index is 12.3. The summed E-state index contributed by atoms with van der Waals surface area (Å²) in [5.41, 5.74) is 1.72. The summed E-state index contributed by atoms with van der Waals surface area (Å²) in [6, 6.07) is 14.0. The highest BCUT2D eigenvalue weighted by atomic mass is 16.5. The van der Waals surface area contributed by atoms with Crippen LogP contribution in [0.3, 0.4) is 0 Å². The van der Waals surface area contributed by atoms with Crippen molar-refractivity contribution >= 4 is 23.2 Å². The molecule has 0 radical (unpaired) electrons. The van der Waals surface area contributed by atoms with Crippen LogP contribution in [0.5, 0.6) is 5.75 Å². The van der Waals surface area contributed by atoms with Crippen molar-refractivity contribution in [3.05, 3.63) is 54.1 Å². The molecule has 0 bridgehead atoms. The van der Waals surface area contributed by atoms with E-state index >= 15 is 0 Å². The van der Waals surface area contributed by atoms with Crippen LogP contribution >= 0.6 is 0 Å². The lowest BCUT2D eigenvalue weighted by molar-refractivity contribution is -0.115. The van der Waals surface area contributed by atoms with E-state index in [1.165, 1.54) is 0 Å². The quantitative estimate of drug-likeness (QED) is 0.696.